The van der Waals surface area contributed by atoms with E-state index in [0.29, 0.717) is 12.0 Å². The third-order valence-corrected chi connectivity index (χ3v) is 4.49. The van der Waals surface area contributed by atoms with Gasteiger partial charge in [-0.2, -0.15) is 0 Å². The summed E-state index contributed by atoms with van der Waals surface area (Å²) in [7, 11) is 1.87. The molecule has 4 nitrogen and oxygen atoms in total. The molecule has 1 aromatic rings. The highest BCUT2D eigenvalue weighted by Gasteiger charge is 2.27. The third-order valence-electron chi connectivity index (χ3n) is 4.49. The number of nitrogens with zero attached hydrogens (tertiary/aromatic N) is 1. The van der Waals surface area contributed by atoms with Gasteiger partial charge in [0.05, 0.1) is 12.0 Å². The first-order valence-electron chi connectivity index (χ1n) is 7.57. The molecule has 0 spiro atoms. The molecule has 0 saturated heterocycles. The number of hydrogen-bond acceptors (Lipinski definition) is 2. The molecule has 0 aromatic heterocycles. The van der Waals surface area contributed by atoms with Gasteiger partial charge in [0, 0.05) is 13.1 Å². The fourth-order valence-corrected chi connectivity index (χ4v) is 3.17. The van der Waals surface area contributed by atoms with E-state index in [1.54, 1.807) is 18.2 Å². The Morgan fingerprint density at radius 2 is 2.00 bits per heavy atom. The number of benzene rings is 1. The van der Waals surface area contributed by atoms with Crippen molar-refractivity contribution in [3.8, 4) is 0 Å². The van der Waals surface area contributed by atoms with Crippen molar-refractivity contribution >= 4 is 11.9 Å². The highest BCUT2D eigenvalue weighted by molar-refractivity contribution is 5.88. The number of hydrogen-bond donors (Lipinski definition) is 1. The van der Waals surface area contributed by atoms with Gasteiger partial charge in [-0.05, 0) is 36.5 Å². The van der Waals surface area contributed by atoms with Gasteiger partial charge in [-0.1, -0.05) is 31.9 Å². The highest BCUT2D eigenvalue weighted by Crippen LogP contribution is 2.27. The molecule has 1 amide bonds. The van der Waals surface area contributed by atoms with E-state index in [0.717, 1.165) is 12.0 Å². The average Bonchev–Trinajstić information content (AvgIpc) is 2.47. The molecule has 2 unspecified atom stereocenters. The summed E-state index contributed by atoms with van der Waals surface area (Å²) in [6.45, 7) is 2.21. The van der Waals surface area contributed by atoms with Crippen molar-refractivity contribution in [3.63, 3.8) is 0 Å². The lowest BCUT2D eigenvalue weighted by Gasteiger charge is -2.36. The Bertz CT molecular complexity index is 527. The zero-order valence-corrected chi connectivity index (χ0v) is 12.7. The number of rotatable bonds is 4. The summed E-state index contributed by atoms with van der Waals surface area (Å²) in [4.78, 5) is 25.2. The maximum absolute atomic E-state index is 12.4. The number of aromatic carboxylic acids is 1. The van der Waals surface area contributed by atoms with Crippen LogP contribution < -0.4 is 0 Å². The second kappa shape index (κ2) is 6.74. The molecule has 0 bridgehead atoms. The molecule has 1 fully saturated rings. The van der Waals surface area contributed by atoms with Crippen molar-refractivity contribution in [2.24, 2.45) is 5.92 Å². The van der Waals surface area contributed by atoms with E-state index in [2.05, 4.69) is 6.92 Å². The van der Waals surface area contributed by atoms with E-state index in [9.17, 15) is 9.59 Å². The van der Waals surface area contributed by atoms with Gasteiger partial charge in [-0.25, -0.2) is 4.79 Å². The monoisotopic (exact) mass is 289 g/mol. The Morgan fingerprint density at radius 1 is 1.29 bits per heavy atom. The number of likely N-dealkylation sites (N-methyl/N-ethyl adjacent to an activating group) is 1. The summed E-state index contributed by atoms with van der Waals surface area (Å²) in [5.74, 6) is -0.354. The molecule has 4 heteroatoms. The van der Waals surface area contributed by atoms with Crippen LogP contribution in [0, 0.1) is 5.92 Å². The summed E-state index contributed by atoms with van der Waals surface area (Å²) in [5, 5.41) is 9.00. The summed E-state index contributed by atoms with van der Waals surface area (Å²) in [6.07, 6.45) is 4.94. The minimum absolute atomic E-state index is 0.0660. The number of amides is 1. The molecule has 0 aliphatic heterocycles. The maximum Gasteiger partial charge on any atom is 0.335 e. The topological polar surface area (TPSA) is 57.6 Å². The molecule has 0 heterocycles. The zero-order valence-electron chi connectivity index (χ0n) is 12.7. The predicted molar refractivity (Wildman–Crippen MR) is 81.3 cm³/mol. The Hall–Kier alpha value is -1.84. The van der Waals surface area contributed by atoms with Gasteiger partial charge < -0.3 is 10.0 Å². The highest BCUT2D eigenvalue weighted by atomic mass is 16.4. The SMILES string of the molecule is CC1CCCCC1N(C)C(=O)Cc1cccc(C(=O)O)c1. The Kier molecular flexibility index (Phi) is 4.99. The molecule has 2 rings (SSSR count). The summed E-state index contributed by atoms with van der Waals surface area (Å²) >= 11 is 0. The van der Waals surface area contributed by atoms with Crippen LogP contribution in [-0.4, -0.2) is 35.0 Å². The van der Waals surface area contributed by atoms with Gasteiger partial charge in [-0.3, -0.25) is 4.79 Å². The van der Waals surface area contributed by atoms with Crippen LogP contribution in [-0.2, 0) is 11.2 Å². The number of carbonyl (C=O) groups excluding carboxylic acids is 1. The van der Waals surface area contributed by atoms with Crippen LogP contribution in [0.25, 0.3) is 0 Å². The Morgan fingerprint density at radius 3 is 2.67 bits per heavy atom. The first-order valence-corrected chi connectivity index (χ1v) is 7.57. The number of carboxylic acids is 1. The van der Waals surface area contributed by atoms with Crippen LogP contribution in [0.1, 0.15) is 48.5 Å². The second-order valence-corrected chi connectivity index (χ2v) is 6.02. The standard InChI is InChI=1S/C17H23NO3/c1-12-6-3-4-9-15(12)18(2)16(19)11-13-7-5-8-14(10-13)17(20)21/h5,7-8,10,12,15H,3-4,6,9,11H2,1-2H3,(H,20,21). The molecular formula is C17H23NO3. The van der Waals surface area contributed by atoms with Crippen LogP contribution in [0.15, 0.2) is 24.3 Å². The minimum atomic E-state index is -0.960. The molecule has 2 atom stereocenters. The fourth-order valence-electron chi connectivity index (χ4n) is 3.17. The second-order valence-electron chi connectivity index (χ2n) is 6.02. The Balaban J connectivity index is 2.03. The van der Waals surface area contributed by atoms with Crippen LogP contribution in [0.2, 0.25) is 0 Å². The molecule has 1 aliphatic rings. The lowest BCUT2D eigenvalue weighted by molar-refractivity contribution is -0.132. The van der Waals surface area contributed by atoms with Crippen molar-refractivity contribution in [3.05, 3.63) is 35.4 Å². The maximum atomic E-state index is 12.4. The van der Waals surface area contributed by atoms with Crippen molar-refractivity contribution in [1.82, 2.24) is 4.90 Å². The van der Waals surface area contributed by atoms with Crippen LogP contribution in [0.3, 0.4) is 0 Å². The van der Waals surface area contributed by atoms with Crippen molar-refractivity contribution in [2.45, 2.75) is 45.1 Å². The smallest absolute Gasteiger partial charge is 0.335 e. The van der Waals surface area contributed by atoms with E-state index >= 15 is 0 Å². The largest absolute Gasteiger partial charge is 0.478 e. The van der Waals surface area contributed by atoms with Gasteiger partial charge in [0.15, 0.2) is 0 Å². The van der Waals surface area contributed by atoms with E-state index in [1.165, 1.54) is 19.3 Å². The van der Waals surface area contributed by atoms with Crippen LogP contribution in [0.4, 0.5) is 0 Å². The predicted octanol–water partition coefficient (Wildman–Crippen LogP) is 2.96. The minimum Gasteiger partial charge on any atom is -0.478 e. The van der Waals surface area contributed by atoms with Gasteiger partial charge in [0.25, 0.3) is 0 Å². The van der Waals surface area contributed by atoms with Crippen molar-refractivity contribution in [2.75, 3.05) is 7.05 Å². The van der Waals surface area contributed by atoms with Gasteiger partial charge in [0.1, 0.15) is 0 Å². The first kappa shape index (κ1) is 15.5. The summed E-state index contributed by atoms with van der Waals surface area (Å²) in [6, 6.07) is 6.94. The number of carbonyl (C=O) groups is 2. The molecule has 0 radical (unpaired) electrons. The third kappa shape index (κ3) is 3.84. The average molecular weight is 289 g/mol. The lowest BCUT2D eigenvalue weighted by Crippen LogP contribution is -2.43. The van der Waals surface area contributed by atoms with Crippen LogP contribution >= 0.6 is 0 Å². The van der Waals surface area contributed by atoms with Crippen LogP contribution in [0.5, 0.6) is 0 Å². The van der Waals surface area contributed by atoms with E-state index in [1.807, 2.05) is 18.0 Å². The normalized spacial score (nSPS) is 21.8. The molecule has 21 heavy (non-hydrogen) atoms. The van der Waals surface area contributed by atoms with Crippen molar-refractivity contribution < 1.29 is 14.7 Å². The van der Waals surface area contributed by atoms with Gasteiger partial charge in [-0.15, -0.1) is 0 Å². The van der Waals surface area contributed by atoms with Gasteiger partial charge in [0.2, 0.25) is 5.91 Å². The summed E-state index contributed by atoms with van der Waals surface area (Å²) < 4.78 is 0. The lowest BCUT2D eigenvalue weighted by atomic mass is 9.85. The van der Waals surface area contributed by atoms with E-state index < -0.39 is 5.97 Å². The zero-order chi connectivity index (χ0) is 15.4. The molecule has 1 aromatic carbocycles. The first-order chi connectivity index (χ1) is 9.99. The van der Waals surface area contributed by atoms with Crippen molar-refractivity contribution in [1.29, 1.82) is 0 Å². The molecular weight excluding hydrogens is 266 g/mol. The molecule has 1 N–H and O–H groups in total. The van der Waals surface area contributed by atoms with E-state index in [-0.39, 0.29) is 17.9 Å². The summed E-state index contributed by atoms with van der Waals surface area (Å²) in [5.41, 5.74) is 0.990. The Labute approximate surface area is 125 Å². The molecule has 1 saturated carbocycles. The van der Waals surface area contributed by atoms with Gasteiger partial charge >= 0.3 is 5.97 Å². The quantitative estimate of drug-likeness (QED) is 0.927. The molecule has 114 valence electrons. The number of carboxylic acid groups (broad SMARTS) is 1. The fraction of sp³-hybridized carbons (Fsp3) is 0.529. The molecule has 1 aliphatic carbocycles. The van der Waals surface area contributed by atoms with E-state index in [4.69, 9.17) is 5.11 Å².